The SMILES string of the molecule is O=C(C=Cc1ccccc1)OCC12OC1C(O)C1C=COC(OC3OC(CO)C(O)C(O)C3O)C12. The molecular formula is C24H28O11. The molecule has 0 radical (unpaired) electrons. The maximum absolute atomic E-state index is 12.3. The van der Waals surface area contributed by atoms with Crippen LogP contribution in [0.4, 0.5) is 0 Å². The normalized spacial score (nSPS) is 43.9. The predicted molar refractivity (Wildman–Crippen MR) is 116 cm³/mol. The van der Waals surface area contributed by atoms with E-state index >= 15 is 0 Å². The number of epoxide rings is 1. The van der Waals surface area contributed by atoms with Gasteiger partial charge in [0.1, 0.15) is 42.7 Å². The number of carbonyl (C=O) groups is 1. The van der Waals surface area contributed by atoms with Crippen molar-refractivity contribution in [3.8, 4) is 0 Å². The largest absolute Gasteiger partial charge is 0.472 e. The second-order valence-corrected chi connectivity index (χ2v) is 9.11. The minimum Gasteiger partial charge on any atom is -0.472 e. The standard InChI is InChI=1S/C24H28O11/c25-10-14-18(28)19(29)20(30)23(33-14)34-22-16-13(8-9-31-22)17(27)21-24(16,35-21)11-32-15(26)7-6-12-4-2-1-3-5-12/h1-9,13-14,16-23,25,27-30H,10-11H2. The van der Waals surface area contributed by atoms with E-state index in [0.29, 0.717) is 0 Å². The first-order valence-electron chi connectivity index (χ1n) is 11.4. The van der Waals surface area contributed by atoms with E-state index in [1.165, 1.54) is 12.3 Å². The summed E-state index contributed by atoms with van der Waals surface area (Å²) in [7, 11) is 0. The molecule has 3 heterocycles. The highest BCUT2D eigenvalue weighted by Gasteiger charge is 2.76. The lowest BCUT2D eigenvalue weighted by atomic mass is 9.85. The molecule has 4 aliphatic rings. The number of hydrogen-bond acceptors (Lipinski definition) is 11. The first kappa shape index (κ1) is 24.3. The van der Waals surface area contributed by atoms with Gasteiger partial charge in [-0.3, -0.25) is 0 Å². The van der Waals surface area contributed by atoms with Crippen molar-refractivity contribution in [1.29, 1.82) is 0 Å². The van der Waals surface area contributed by atoms with E-state index in [9.17, 15) is 30.3 Å². The number of benzene rings is 1. The van der Waals surface area contributed by atoms with Crippen LogP contribution in [0.2, 0.25) is 0 Å². The molecule has 190 valence electrons. The zero-order chi connectivity index (χ0) is 24.7. The number of esters is 1. The van der Waals surface area contributed by atoms with Crippen LogP contribution in [0.5, 0.6) is 0 Å². The van der Waals surface area contributed by atoms with Gasteiger partial charge in [0.2, 0.25) is 6.29 Å². The van der Waals surface area contributed by atoms with Gasteiger partial charge >= 0.3 is 5.97 Å². The van der Waals surface area contributed by atoms with Crippen LogP contribution in [0.3, 0.4) is 0 Å². The highest BCUT2D eigenvalue weighted by atomic mass is 16.8. The van der Waals surface area contributed by atoms with Crippen molar-refractivity contribution in [2.75, 3.05) is 13.2 Å². The van der Waals surface area contributed by atoms with E-state index in [1.54, 1.807) is 12.2 Å². The average molecular weight is 492 g/mol. The summed E-state index contributed by atoms with van der Waals surface area (Å²) in [5, 5.41) is 50.5. The molecule has 0 amide bonds. The summed E-state index contributed by atoms with van der Waals surface area (Å²) in [5.41, 5.74) is -0.248. The van der Waals surface area contributed by atoms with Gasteiger partial charge in [-0.25, -0.2) is 4.79 Å². The number of ether oxygens (including phenoxy) is 5. The number of rotatable bonds is 7. The number of aliphatic hydroxyl groups is 5. The Balaban J connectivity index is 1.28. The zero-order valence-corrected chi connectivity index (χ0v) is 18.6. The van der Waals surface area contributed by atoms with Crippen molar-refractivity contribution in [3.63, 3.8) is 0 Å². The van der Waals surface area contributed by atoms with Gasteiger partial charge in [-0.1, -0.05) is 30.3 Å². The lowest BCUT2D eigenvalue weighted by Crippen LogP contribution is -2.60. The maximum Gasteiger partial charge on any atom is 0.330 e. The van der Waals surface area contributed by atoms with E-state index in [4.69, 9.17) is 23.7 Å². The number of carbonyl (C=O) groups excluding carboxylic acids is 1. The summed E-state index contributed by atoms with van der Waals surface area (Å²) < 4.78 is 28.1. The molecule has 0 spiro atoms. The van der Waals surface area contributed by atoms with Gasteiger partial charge < -0.3 is 49.2 Å². The van der Waals surface area contributed by atoms with Crippen LogP contribution in [0.25, 0.3) is 6.08 Å². The number of aliphatic hydroxyl groups excluding tert-OH is 5. The zero-order valence-electron chi connectivity index (χ0n) is 18.6. The smallest absolute Gasteiger partial charge is 0.330 e. The fraction of sp³-hybridized carbons (Fsp3) is 0.542. The lowest BCUT2D eigenvalue weighted by molar-refractivity contribution is -0.344. The van der Waals surface area contributed by atoms with Gasteiger partial charge in [-0.15, -0.1) is 0 Å². The van der Waals surface area contributed by atoms with E-state index < -0.39 is 79.2 Å². The topological polar surface area (TPSA) is 168 Å². The predicted octanol–water partition coefficient (Wildman–Crippen LogP) is -1.33. The fourth-order valence-electron chi connectivity index (χ4n) is 5.11. The minimum absolute atomic E-state index is 0.167. The Hall–Kier alpha value is -2.35. The molecule has 1 saturated carbocycles. The first-order valence-corrected chi connectivity index (χ1v) is 11.4. The monoisotopic (exact) mass is 492 g/mol. The third kappa shape index (κ3) is 4.39. The maximum atomic E-state index is 12.3. The van der Waals surface area contributed by atoms with Crippen molar-refractivity contribution < 1.29 is 54.0 Å². The molecule has 1 aliphatic carbocycles. The molecular weight excluding hydrogens is 464 g/mol. The van der Waals surface area contributed by atoms with Gasteiger partial charge in [-0.05, 0) is 17.7 Å². The average Bonchev–Trinajstić information content (AvgIpc) is 3.56. The quantitative estimate of drug-likeness (QED) is 0.174. The Bertz CT molecular complexity index is 965. The van der Waals surface area contributed by atoms with Crippen LogP contribution in [-0.2, 0) is 28.5 Å². The molecule has 11 heteroatoms. The molecule has 2 saturated heterocycles. The van der Waals surface area contributed by atoms with Gasteiger partial charge in [0, 0.05) is 12.0 Å². The third-order valence-electron chi connectivity index (χ3n) is 7.03. The Morgan fingerprint density at radius 2 is 1.80 bits per heavy atom. The van der Waals surface area contributed by atoms with Crippen molar-refractivity contribution >= 4 is 12.0 Å². The fourth-order valence-corrected chi connectivity index (χ4v) is 5.11. The van der Waals surface area contributed by atoms with Crippen molar-refractivity contribution in [1.82, 2.24) is 0 Å². The molecule has 11 atom stereocenters. The molecule has 1 aromatic carbocycles. The Morgan fingerprint density at radius 3 is 2.54 bits per heavy atom. The van der Waals surface area contributed by atoms with Crippen molar-refractivity contribution in [2.24, 2.45) is 11.8 Å². The van der Waals surface area contributed by atoms with E-state index in [0.717, 1.165) is 5.56 Å². The van der Waals surface area contributed by atoms with Crippen molar-refractivity contribution in [3.05, 3.63) is 54.3 Å². The molecule has 0 bridgehead atoms. The summed E-state index contributed by atoms with van der Waals surface area (Å²) in [4.78, 5) is 12.3. The molecule has 11 nitrogen and oxygen atoms in total. The summed E-state index contributed by atoms with van der Waals surface area (Å²) >= 11 is 0. The first-order chi connectivity index (χ1) is 16.9. The molecule has 3 aliphatic heterocycles. The second-order valence-electron chi connectivity index (χ2n) is 9.11. The molecule has 11 unspecified atom stereocenters. The second kappa shape index (κ2) is 9.60. The summed E-state index contributed by atoms with van der Waals surface area (Å²) in [5.74, 6) is -1.67. The molecule has 35 heavy (non-hydrogen) atoms. The van der Waals surface area contributed by atoms with Crippen molar-refractivity contribution in [2.45, 2.75) is 54.8 Å². The third-order valence-corrected chi connectivity index (χ3v) is 7.03. The summed E-state index contributed by atoms with van der Waals surface area (Å²) in [6.07, 6.45) is -4.06. The van der Waals surface area contributed by atoms with Gasteiger partial charge in [0.15, 0.2) is 6.29 Å². The summed E-state index contributed by atoms with van der Waals surface area (Å²) in [6, 6.07) is 9.24. The van der Waals surface area contributed by atoms with Gasteiger partial charge in [-0.2, -0.15) is 0 Å². The Kier molecular flexibility index (Phi) is 6.68. The van der Waals surface area contributed by atoms with E-state index in [-0.39, 0.29) is 6.61 Å². The van der Waals surface area contributed by atoms with E-state index in [2.05, 4.69) is 0 Å². The Morgan fingerprint density at radius 1 is 1.03 bits per heavy atom. The van der Waals surface area contributed by atoms with Crippen LogP contribution in [0.15, 0.2) is 48.7 Å². The molecule has 3 fully saturated rings. The lowest BCUT2D eigenvalue weighted by Gasteiger charge is -2.43. The molecule has 0 aromatic heterocycles. The van der Waals surface area contributed by atoms with Crippen LogP contribution in [0.1, 0.15) is 5.56 Å². The van der Waals surface area contributed by atoms with Crippen LogP contribution in [0, 0.1) is 11.8 Å². The Labute approximate surface area is 200 Å². The number of hydrogen-bond donors (Lipinski definition) is 5. The minimum atomic E-state index is -1.63. The van der Waals surface area contributed by atoms with Crippen LogP contribution >= 0.6 is 0 Å². The molecule has 5 N–H and O–H groups in total. The van der Waals surface area contributed by atoms with Gasteiger partial charge in [0.05, 0.1) is 24.9 Å². The van der Waals surface area contributed by atoms with Crippen LogP contribution < -0.4 is 0 Å². The van der Waals surface area contributed by atoms with Crippen LogP contribution in [-0.4, -0.2) is 99.5 Å². The van der Waals surface area contributed by atoms with Gasteiger partial charge in [0.25, 0.3) is 0 Å². The highest BCUT2D eigenvalue weighted by Crippen LogP contribution is 2.60. The number of fused-ring (bicyclic) bond motifs is 3. The molecule has 5 rings (SSSR count). The van der Waals surface area contributed by atoms with E-state index in [1.807, 2.05) is 30.3 Å². The highest BCUT2D eigenvalue weighted by molar-refractivity contribution is 5.87. The molecule has 1 aromatic rings. The summed E-state index contributed by atoms with van der Waals surface area (Å²) in [6.45, 7) is -0.776.